The van der Waals surface area contributed by atoms with Gasteiger partial charge in [0.2, 0.25) is 15.9 Å². The summed E-state index contributed by atoms with van der Waals surface area (Å²) in [6.45, 7) is 8.44. The average molecular weight is 488 g/mol. The standard InChI is InChI=1S/C26H34FN3O3S/c1-20-4-9-25(18-21(20)2)34(32,33)30-14-10-23(11-15-30)26(31)29-13-3-12-28(16-17-29)19-22-5-7-24(27)8-6-22/h4-9,18,23H,3,10-17,19H2,1-2H3. The average Bonchev–Trinajstić information content (AvgIpc) is 3.07. The highest BCUT2D eigenvalue weighted by Crippen LogP contribution is 2.26. The zero-order valence-corrected chi connectivity index (χ0v) is 20.9. The van der Waals surface area contributed by atoms with Crippen LogP contribution in [0.15, 0.2) is 47.4 Å². The highest BCUT2D eigenvalue weighted by atomic mass is 32.2. The van der Waals surface area contributed by atoms with Gasteiger partial charge in [0.25, 0.3) is 0 Å². The van der Waals surface area contributed by atoms with E-state index in [0.717, 1.165) is 49.3 Å². The van der Waals surface area contributed by atoms with E-state index in [4.69, 9.17) is 0 Å². The Labute approximate surface area is 202 Å². The Morgan fingerprint density at radius 2 is 1.62 bits per heavy atom. The summed E-state index contributed by atoms with van der Waals surface area (Å²) < 4.78 is 40.8. The smallest absolute Gasteiger partial charge is 0.243 e. The third kappa shape index (κ3) is 5.67. The lowest BCUT2D eigenvalue weighted by atomic mass is 9.96. The molecule has 0 spiro atoms. The van der Waals surface area contributed by atoms with Gasteiger partial charge in [0.05, 0.1) is 4.90 Å². The Balaban J connectivity index is 1.30. The molecule has 0 N–H and O–H groups in total. The predicted octanol–water partition coefficient (Wildman–Crippen LogP) is 3.58. The second-order valence-electron chi connectivity index (χ2n) is 9.51. The number of halogens is 1. The molecule has 0 bridgehead atoms. The Morgan fingerprint density at radius 1 is 0.912 bits per heavy atom. The summed E-state index contributed by atoms with van der Waals surface area (Å²) in [5, 5.41) is 0. The van der Waals surface area contributed by atoms with Crippen molar-refractivity contribution in [1.82, 2.24) is 14.1 Å². The van der Waals surface area contributed by atoms with E-state index < -0.39 is 10.0 Å². The molecular formula is C26H34FN3O3S. The number of carbonyl (C=O) groups is 1. The van der Waals surface area contributed by atoms with Crippen LogP contribution < -0.4 is 0 Å². The van der Waals surface area contributed by atoms with Crippen LogP contribution >= 0.6 is 0 Å². The molecule has 184 valence electrons. The van der Waals surface area contributed by atoms with E-state index in [0.29, 0.717) is 37.4 Å². The zero-order valence-electron chi connectivity index (χ0n) is 20.0. The fourth-order valence-corrected chi connectivity index (χ4v) is 6.38. The molecule has 34 heavy (non-hydrogen) atoms. The van der Waals surface area contributed by atoms with Gasteiger partial charge < -0.3 is 4.90 Å². The maximum atomic E-state index is 13.2. The summed E-state index contributed by atoms with van der Waals surface area (Å²) >= 11 is 0. The quantitative estimate of drug-likeness (QED) is 0.647. The molecule has 2 aliphatic rings. The lowest BCUT2D eigenvalue weighted by molar-refractivity contribution is -0.136. The largest absolute Gasteiger partial charge is 0.341 e. The first kappa shape index (κ1) is 24.8. The molecule has 8 heteroatoms. The molecule has 1 amide bonds. The maximum absolute atomic E-state index is 13.2. The summed E-state index contributed by atoms with van der Waals surface area (Å²) in [4.78, 5) is 17.8. The fraction of sp³-hybridized carbons (Fsp3) is 0.500. The van der Waals surface area contributed by atoms with Gasteiger partial charge in [0, 0.05) is 51.7 Å². The summed E-state index contributed by atoms with van der Waals surface area (Å²) in [6, 6.07) is 11.8. The second-order valence-corrected chi connectivity index (χ2v) is 11.4. The van der Waals surface area contributed by atoms with Crippen molar-refractivity contribution in [3.05, 3.63) is 65.0 Å². The van der Waals surface area contributed by atoms with Crippen molar-refractivity contribution in [3.63, 3.8) is 0 Å². The molecule has 2 aliphatic heterocycles. The number of benzene rings is 2. The van der Waals surface area contributed by atoms with Crippen molar-refractivity contribution in [2.75, 3.05) is 39.3 Å². The van der Waals surface area contributed by atoms with Crippen LogP contribution in [0.5, 0.6) is 0 Å². The molecule has 4 rings (SSSR count). The molecule has 2 aromatic rings. The molecule has 6 nitrogen and oxygen atoms in total. The minimum absolute atomic E-state index is 0.130. The van der Waals surface area contributed by atoms with E-state index in [-0.39, 0.29) is 17.6 Å². The summed E-state index contributed by atoms with van der Waals surface area (Å²) in [5.41, 5.74) is 3.09. The summed E-state index contributed by atoms with van der Waals surface area (Å²) in [7, 11) is -3.54. The number of hydrogen-bond donors (Lipinski definition) is 0. The molecule has 0 aliphatic carbocycles. The SMILES string of the molecule is Cc1ccc(S(=O)(=O)N2CCC(C(=O)N3CCCN(Cc4ccc(F)cc4)CC3)CC2)cc1C. The zero-order chi connectivity index (χ0) is 24.3. The van der Waals surface area contributed by atoms with Crippen LogP contribution in [0, 0.1) is 25.6 Å². The van der Waals surface area contributed by atoms with Crippen LogP contribution in [0.3, 0.4) is 0 Å². The molecule has 0 radical (unpaired) electrons. The topological polar surface area (TPSA) is 60.9 Å². The minimum Gasteiger partial charge on any atom is -0.341 e. The van der Waals surface area contributed by atoms with E-state index in [9.17, 15) is 17.6 Å². The van der Waals surface area contributed by atoms with Gasteiger partial charge >= 0.3 is 0 Å². The highest BCUT2D eigenvalue weighted by molar-refractivity contribution is 7.89. The first-order valence-electron chi connectivity index (χ1n) is 12.1. The van der Waals surface area contributed by atoms with Crippen LogP contribution in [-0.2, 0) is 21.4 Å². The van der Waals surface area contributed by atoms with Gasteiger partial charge in [-0.15, -0.1) is 0 Å². The van der Waals surface area contributed by atoms with Crippen LogP contribution in [0.4, 0.5) is 4.39 Å². The van der Waals surface area contributed by atoms with Crippen molar-refractivity contribution >= 4 is 15.9 Å². The second kappa shape index (κ2) is 10.5. The monoisotopic (exact) mass is 487 g/mol. The molecule has 0 unspecified atom stereocenters. The lowest BCUT2D eigenvalue weighted by Crippen LogP contribution is -2.45. The van der Waals surface area contributed by atoms with Crippen LogP contribution in [-0.4, -0.2) is 67.7 Å². The first-order valence-corrected chi connectivity index (χ1v) is 13.5. The van der Waals surface area contributed by atoms with Crippen LogP contribution in [0.1, 0.15) is 36.0 Å². The van der Waals surface area contributed by atoms with Crippen molar-refractivity contribution in [2.45, 2.75) is 44.6 Å². The number of hydrogen-bond acceptors (Lipinski definition) is 4. The van der Waals surface area contributed by atoms with Gasteiger partial charge in [-0.2, -0.15) is 4.31 Å². The van der Waals surface area contributed by atoms with E-state index in [2.05, 4.69) is 4.90 Å². The van der Waals surface area contributed by atoms with Gasteiger partial charge in [-0.1, -0.05) is 18.2 Å². The van der Waals surface area contributed by atoms with E-state index in [1.165, 1.54) is 16.4 Å². The summed E-state index contributed by atoms with van der Waals surface area (Å²) in [5.74, 6) is -0.217. The molecular weight excluding hydrogens is 453 g/mol. The number of piperidine rings is 1. The molecule has 0 atom stereocenters. The van der Waals surface area contributed by atoms with Crippen molar-refractivity contribution in [1.29, 1.82) is 0 Å². The van der Waals surface area contributed by atoms with Gasteiger partial charge in [-0.25, -0.2) is 12.8 Å². The lowest BCUT2D eigenvalue weighted by Gasteiger charge is -2.33. The molecule has 2 fully saturated rings. The Hall–Kier alpha value is -2.29. The molecule has 2 heterocycles. The van der Waals surface area contributed by atoms with Crippen LogP contribution in [0.2, 0.25) is 0 Å². The van der Waals surface area contributed by atoms with Gasteiger partial charge in [0.1, 0.15) is 5.82 Å². The number of rotatable bonds is 5. The van der Waals surface area contributed by atoms with Crippen molar-refractivity contribution < 1.29 is 17.6 Å². The first-order chi connectivity index (χ1) is 16.2. The molecule has 2 saturated heterocycles. The molecule has 0 aromatic heterocycles. The number of amides is 1. The third-order valence-electron chi connectivity index (χ3n) is 7.14. The summed E-state index contributed by atoms with van der Waals surface area (Å²) in [6.07, 6.45) is 2.00. The maximum Gasteiger partial charge on any atom is 0.243 e. The molecule has 0 saturated carbocycles. The normalized spacial score (nSPS) is 19.2. The van der Waals surface area contributed by atoms with Crippen molar-refractivity contribution in [3.8, 4) is 0 Å². The number of nitrogens with zero attached hydrogens (tertiary/aromatic N) is 3. The Morgan fingerprint density at radius 3 is 2.29 bits per heavy atom. The van der Waals surface area contributed by atoms with E-state index in [1.807, 2.05) is 36.9 Å². The van der Waals surface area contributed by atoms with Crippen LogP contribution in [0.25, 0.3) is 0 Å². The minimum atomic E-state index is -3.54. The van der Waals surface area contributed by atoms with Gasteiger partial charge in [-0.05, 0) is 74.1 Å². The van der Waals surface area contributed by atoms with Crippen molar-refractivity contribution in [2.24, 2.45) is 5.92 Å². The number of carbonyl (C=O) groups excluding carboxylic acids is 1. The van der Waals surface area contributed by atoms with E-state index in [1.54, 1.807) is 12.1 Å². The predicted molar refractivity (Wildman–Crippen MR) is 130 cm³/mol. The molecule has 2 aromatic carbocycles. The number of sulfonamides is 1. The Kier molecular flexibility index (Phi) is 7.70. The highest BCUT2D eigenvalue weighted by Gasteiger charge is 2.34. The Bertz CT molecular complexity index is 1110. The third-order valence-corrected chi connectivity index (χ3v) is 9.03. The fourth-order valence-electron chi connectivity index (χ4n) is 4.82. The van der Waals surface area contributed by atoms with Gasteiger partial charge in [-0.3, -0.25) is 9.69 Å². The van der Waals surface area contributed by atoms with E-state index >= 15 is 0 Å². The van der Waals surface area contributed by atoms with Gasteiger partial charge in [0.15, 0.2) is 0 Å². The number of aryl methyl sites for hydroxylation is 2.